The number of nitrogens with zero attached hydrogens (tertiary/aromatic N) is 1. The minimum absolute atomic E-state index is 0.00951. The zero-order chi connectivity index (χ0) is 18.1. The van der Waals surface area contributed by atoms with Gasteiger partial charge in [0.25, 0.3) is 5.91 Å². The molecule has 1 heterocycles. The van der Waals surface area contributed by atoms with Gasteiger partial charge in [0.15, 0.2) is 4.32 Å². The van der Waals surface area contributed by atoms with Gasteiger partial charge < -0.3 is 9.90 Å². The van der Waals surface area contributed by atoms with Gasteiger partial charge in [-0.05, 0) is 41.8 Å². The SMILES string of the molecule is Cc1ccc(C(=O)[O-])cc1N1C(=O)/C(=C/c2ccccc2Cl)SC1=S. The Hall–Kier alpha value is -2.15. The number of rotatable bonds is 3. The van der Waals surface area contributed by atoms with E-state index in [0.29, 0.717) is 25.5 Å². The number of anilines is 1. The van der Waals surface area contributed by atoms with Crippen LogP contribution in [0.1, 0.15) is 21.5 Å². The van der Waals surface area contributed by atoms with Gasteiger partial charge in [-0.2, -0.15) is 0 Å². The summed E-state index contributed by atoms with van der Waals surface area (Å²) in [5.74, 6) is -1.62. The van der Waals surface area contributed by atoms with Crippen molar-refractivity contribution in [2.75, 3.05) is 4.90 Å². The zero-order valence-corrected chi connectivity index (χ0v) is 15.4. The molecule has 0 aromatic heterocycles. The quantitative estimate of drug-likeness (QED) is 0.595. The van der Waals surface area contributed by atoms with Crippen LogP contribution >= 0.6 is 35.6 Å². The second-order valence-electron chi connectivity index (χ2n) is 5.33. The highest BCUT2D eigenvalue weighted by Crippen LogP contribution is 2.38. The van der Waals surface area contributed by atoms with Gasteiger partial charge in [-0.15, -0.1) is 0 Å². The first-order chi connectivity index (χ1) is 11.9. The van der Waals surface area contributed by atoms with Crippen molar-refractivity contribution in [2.45, 2.75) is 6.92 Å². The van der Waals surface area contributed by atoms with Crippen molar-refractivity contribution in [2.24, 2.45) is 0 Å². The van der Waals surface area contributed by atoms with E-state index in [1.807, 2.05) is 6.07 Å². The fourth-order valence-corrected chi connectivity index (χ4v) is 3.85. The van der Waals surface area contributed by atoms with Crippen LogP contribution in [0, 0.1) is 6.92 Å². The lowest BCUT2D eigenvalue weighted by Gasteiger charge is -2.18. The second-order valence-corrected chi connectivity index (χ2v) is 7.41. The highest BCUT2D eigenvalue weighted by molar-refractivity contribution is 8.27. The topological polar surface area (TPSA) is 60.4 Å². The van der Waals surface area contributed by atoms with Crippen molar-refractivity contribution in [1.29, 1.82) is 0 Å². The van der Waals surface area contributed by atoms with E-state index in [0.717, 1.165) is 17.3 Å². The minimum atomic E-state index is -1.31. The molecule has 2 aromatic rings. The maximum absolute atomic E-state index is 12.8. The Morgan fingerprint density at radius 1 is 1.28 bits per heavy atom. The average molecular weight is 389 g/mol. The van der Waals surface area contributed by atoms with E-state index in [4.69, 9.17) is 23.8 Å². The lowest BCUT2D eigenvalue weighted by atomic mass is 10.1. The predicted molar refractivity (Wildman–Crippen MR) is 103 cm³/mol. The summed E-state index contributed by atoms with van der Waals surface area (Å²) < 4.78 is 0.335. The molecule has 0 atom stereocenters. The van der Waals surface area contributed by atoms with E-state index in [1.54, 1.807) is 37.3 Å². The molecule has 0 aliphatic carbocycles. The van der Waals surface area contributed by atoms with Gasteiger partial charge in [-0.25, -0.2) is 0 Å². The second kappa shape index (κ2) is 7.00. The average Bonchev–Trinajstić information content (AvgIpc) is 2.84. The first-order valence-electron chi connectivity index (χ1n) is 7.23. The number of carboxylic acid groups (broad SMARTS) is 1. The van der Waals surface area contributed by atoms with Crippen molar-refractivity contribution < 1.29 is 14.7 Å². The molecule has 0 spiro atoms. The molecule has 1 saturated heterocycles. The molecule has 7 heteroatoms. The fourth-order valence-electron chi connectivity index (χ4n) is 2.39. The van der Waals surface area contributed by atoms with Gasteiger partial charge in [0.2, 0.25) is 0 Å². The summed E-state index contributed by atoms with van der Waals surface area (Å²) in [5.41, 5.74) is 1.88. The molecule has 3 rings (SSSR count). The van der Waals surface area contributed by atoms with E-state index >= 15 is 0 Å². The molecule has 2 aromatic carbocycles. The number of carbonyl (C=O) groups is 2. The van der Waals surface area contributed by atoms with Crippen LogP contribution in [0.5, 0.6) is 0 Å². The van der Waals surface area contributed by atoms with Crippen LogP contribution in [-0.4, -0.2) is 16.2 Å². The van der Waals surface area contributed by atoms with Gasteiger partial charge in [-0.3, -0.25) is 9.69 Å². The number of hydrogen-bond donors (Lipinski definition) is 0. The number of halogens is 1. The number of thiocarbonyl (C=S) groups is 1. The summed E-state index contributed by atoms with van der Waals surface area (Å²) in [7, 11) is 0. The number of thioether (sulfide) groups is 1. The molecule has 1 amide bonds. The lowest BCUT2D eigenvalue weighted by Crippen LogP contribution is -2.29. The summed E-state index contributed by atoms with van der Waals surface area (Å²) in [6.07, 6.45) is 1.68. The molecule has 1 aliphatic heterocycles. The molecule has 4 nitrogen and oxygen atoms in total. The molecule has 0 radical (unpaired) electrons. The third kappa shape index (κ3) is 3.46. The number of aryl methyl sites for hydroxylation is 1. The first kappa shape index (κ1) is 17.7. The van der Waals surface area contributed by atoms with Gasteiger partial charge in [0.1, 0.15) is 0 Å². The van der Waals surface area contributed by atoms with Gasteiger partial charge in [0, 0.05) is 5.02 Å². The number of hydrogen-bond acceptors (Lipinski definition) is 5. The van der Waals surface area contributed by atoms with Crippen molar-refractivity contribution in [1.82, 2.24) is 0 Å². The van der Waals surface area contributed by atoms with Crippen LogP contribution in [-0.2, 0) is 4.79 Å². The van der Waals surface area contributed by atoms with Gasteiger partial charge in [-0.1, -0.05) is 65.9 Å². The zero-order valence-electron chi connectivity index (χ0n) is 13.0. The number of benzene rings is 2. The normalized spacial score (nSPS) is 15.9. The lowest BCUT2D eigenvalue weighted by molar-refractivity contribution is -0.255. The monoisotopic (exact) mass is 388 g/mol. The summed E-state index contributed by atoms with van der Waals surface area (Å²) in [6.45, 7) is 1.78. The largest absolute Gasteiger partial charge is 0.545 e. The molecular formula is C18H11ClNO3S2-. The maximum Gasteiger partial charge on any atom is 0.270 e. The van der Waals surface area contributed by atoms with Crippen LogP contribution in [0.2, 0.25) is 5.02 Å². The molecule has 0 saturated carbocycles. The number of carbonyl (C=O) groups excluding carboxylic acids is 2. The van der Waals surface area contributed by atoms with Gasteiger partial charge >= 0.3 is 0 Å². The Labute approximate surface area is 159 Å². The summed E-state index contributed by atoms with van der Waals surface area (Å²) in [5, 5.41) is 11.6. The van der Waals surface area contributed by atoms with Crippen LogP contribution in [0.3, 0.4) is 0 Å². The third-order valence-corrected chi connectivity index (χ3v) is 5.32. The Balaban J connectivity index is 2.02. The Morgan fingerprint density at radius 2 is 2.00 bits per heavy atom. The summed E-state index contributed by atoms with van der Waals surface area (Å²) in [4.78, 5) is 25.7. The van der Waals surface area contributed by atoms with Crippen molar-refractivity contribution >= 4 is 63.5 Å². The molecule has 0 unspecified atom stereocenters. The number of carboxylic acids is 1. The maximum atomic E-state index is 12.8. The molecule has 0 N–H and O–H groups in total. The smallest absolute Gasteiger partial charge is 0.270 e. The highest BCUT2D eigenvalue weighted by Gasteiger charge is 2.34. The predicted octanol–water partition coefficient (Wildman–Crippen LogP) is 3.42. The van der Waals surface area contributed by atoms with E-state index in [2.05, 4.69) is 0 Å². The van der Waals surface area contributed by atoms with Crippen molar-refractivity contribution in [3.8, 4) is 0 Å². The molecular weight excluding hydrogens is 378 g/mol. The van der Waals surface area contributed by atoms with Crippen LogP contribution < -0.4 is 10.0 Å². The van der Waals surface area contributed by atoms with E-state index in [1.165, 1.54) is 17.0 Å². The van der Waals surface area contributed by atoms with Gasteiger partial charge in [0.05, 0.1) is 16.6 Å². The number of aromatic carboxylic acids is 1. The van der Waals surface area contributed by atoms with Crippen LogP contribution in [0.4, 0.5) is 5.69 Å². The molecule has 1 aliphatic rings. The van der Waals surface area contributed by atoms with E-state index < -0.39 is 5.97 Å². The first-order valence-corrected chi connectivity index (χ1v) is 8.83. The Morgan fingerprint density at radius 3 is 2.68 bits per heavy atom. The van der Waals surface area contributed by atoms with Crippen molar-refractivity contribution in [3.63, 3.8) is 0 Å². The summed E-state index contributed by atoms with van der Waals surface area (Å²) >= 11 is 12.6. The van der Waals surface area contributed by atoms with Crippen LogP contribution in [0.25, 0.3) is 6.08 Å². The molecule has 1 fully saturated rings. The minimum Gasteiger partial charge on any atom is -0.545 e. The van der Waals surface area contributed by atoms with Crippen LogP contribution in [0.15, 0.2) is 47.4 Å². The Bertz CT molecular complexity index is 940. The standard InChI is InChI=1S/C18H12ClNO3S2/c1-10-6-7-12(17(22)23)8-14(10)20-16(21)15(25-18(20)24)9-11-4-2-3-5-13(11)19/h2-9H,1H3,(H,22,23)/p-1/b15-9-. The van der Waals surface area contributed by atoms with E-state index in [-0.39, 0.29) is 11.5 Å². The van der Waals surface area contributed by atoms with Crippen molar-refractivity contribution in [3.05, 3.63) is 69.1 Å². The molecule has 25 heavy (non-hydrogen) atoms. The van der Waals surface area contributed by atoms with E-state index in [9.17, 15) is 14.7 Å². The fraction of sp³-hybridized carbons (Fsp3) is 0.0556. The number of amides is 1. The molecule has 0 bridgehead atoms. The Kier molecular flexibility index (Phi) is 4.94. The molecule has 126 valence electrons. The third-order valence-electron chi connectivity index (χ3n) is 3.67. The highest BCUT2D eigenvalue weighted by atomic mass is 35.5. The summed E-state index contributed by atoms with van der Waals surface area (Å²) in [6, 6.07) is 11.6.